The molecule has 1 fully saturated rings. The minimum Gasteiger partial charge on any atom is -0.342 e. The molecule has 0 N–H and O–H groups in total. The molecule has 28 heavy (non-hydrogen) atoms. The van der Waals surface area contributed by atoms with E-state index in [1.165, 1.54) is 6.07 Å². The van der Waals surface area contributed by atoms with Crippen LogP contribution >= 0.6 is 0 Å². The van der Waals surface area contributed by atoms with Gasteiger partial charge in [0.1, 0.15) is 5.82 Å². The number of imidazole rings is 1. The highest BCUT2D eigenvalue weighted by Crippen LogP contribution is 2.31. The van der Waals surface area contributed by atoms with Crippen LogP contribution in [0.4, 0.5) is 4.39 Å². The molecule has 2 heterocycles. The molecule has 0 saturated carbocycles. The van der Waals surface area contributed by atoms with Crippen molar-refractivity contribution in [1.29, 1.82) is 0 Å². The molecule has 4 nitrogen and oxygen atoms in total. The van der Waals surface area contributed by atoms with Gasteiger partial charge in [0, 0.05) is 19.1 Å². The van der Waals surface area contributed by atoms with E-state index in [1.807, 2.05) is 35.2 Å². The largest absolute Gasteiger partial charge is 0.342 e. The third-order valence-corrected chi connectivity index (χ3v) is 5.80. The average molecular weight is 379 g/mol. The van der Waals surface area contributed by atoms with Gasteiger partial charge in [0.15, 0.2) is 0 Å². The first-order chi connectivity index (χ1) is 13.5. The zero-order valence-electron chi connectivity index (χ0n) is 16.4. The molecule has 1 aliphatic heterocycles. The third kappa shape index (κ3) is 3.53. The third-order valence-electron chi connectivity index (χ3n) is 5.80. The van der Waals surface area contributed by atoms with E-state index in [0.717, 1.165) is 29.4 Å². The van der Waals surface area contributed by atoms with E-state index >= 15 is 0 Å². The van der Waals surface area contributed by atoms with Crippen molar-refractivity contribution in [2.75, 3.05) is 13.1 Å². The van der Waals surface area contributed by atoms with E-state index in [0.29, 0.717) is 13.1 Å². The van der Waals surface area contributed by atoms with Crippen molar-refractivity contribution in [3.8, 4) is 0 Å². The molecule has 0 unspecified atom stereocenters. The second-order valence-corrected chi connectivity index (χ2v) is 7.97. The second kappa shape index (κ2) is 7.74. The first-order valence-corrected chi connectivity index (χ1v) is 10.0. The SMILES string of the molecule is CC(C)[C@H](C(=O)N1CCC(n2cnc3ccc(F)cc32)CC1)c1ccccc1. The lowest BCUT2D eigenvalue weighted by atomic mass is 9.86. The Bertz CT molecular complexity index is 958. The summed E-state index contributed by atoms with van der Waals surface area (Å²) in [6.45, 7) is 5.64. The number of amides is 1. The van der Waals surface area contributed by atoms with Crippen LogP contribution in [0.25, 0.3) is 11.0 Å². The van der Waals surface area contributed by atoms with Crippen LogP contribution in [0.3, 0.4) is 0 Å². The van der Waals surface area contributed by atoms with Crippen molar-refractivity contribution < 1.29 is 9.18 Å². The van der Waals surface area contributed by atoms with Crippen LogP contribution in [0, 0.1) is 11.7 Å². The number of fused-ring (bicyclic) bond motifs is 1. The van der Waals surface area contributed by atoms with Gasteiger partial charge in [0.25, 0.3) is 0 Å². The van der Waals surface area contributed by atoms with Crippen LogP contribution in [0.2, 0.25) is 0 Å². The maximum atomic E-state index is 13.7. The molecule has 2 aromatic carbocycles. The number of benzene rings is 2. The molecule has 1 saturated heterocycles. The number of carbonyl (C=O) groups excluding carboxylic acids is 1. The number of carbonyl (C=O) groups is 1. The van der Waals surface area contributed by atoms with Crippen molar-refractivity contribution in [2.45, 2.75) is 38.6 Å². The monoisotopic (exact) mass is 379 g/mol. The Kier molecular flexibility index (Phi) is 5.16. The summed E-state index contributed by atoms with van der Waals surface area (Å²) in [5.41, 5.74) is 2.72. The molecule has 0 spiro atoms. The Morgan fingerprint density at radius 1 is 1.11 bits per heavy atom. The van der Waals surface area contributed by atoms with Gasteiger partial charge in [0.05, 0.1) is 23.3 Å². The fraction of sp³-hybridized carbons (Fsp3) is 0.391. The van der Waals surface area contributed by atoms with Gasteiger partial charge in [-0.15, -0.1) is 0 Å². The summed E-state index contributed by atoms with van der Waals surface area (Å²) in [5, 5.41) is 0. The first-order valence-electron chi connectivity index (χ1n) is 10.0. The molecule has 5 heteroatoms. The van der Waals surface area contributed by atoms with Gasteiger partial charge >= 0.3 is 0 Å². The van der Waals surface area contributed by atoms with Crippen LogP contribution in [0.5, 0.6) is 0 Å². The Labute approximate surface area is 165 Å². The summed E-state index contributed by atoms with van der Waals surface area (Å²) >= 11 is 0. The lowest BCUT2D eigenvalue weighted by molar-refractivity contribution is -0.135. The topological polar surface area (TPSA) is 38.1 Å². The molecule has 1 aliphatic rings. The molecule has 1 atom stereocenters. The van der Waals surface area contributed by atoms with Crippen molar-refractivity contribution >= 4 is 16.9 Å². The number of likely N-dealkylation sites (tertiary alicyclic amines) is 1. The summed E-state index contributed by atoms with van der Waals surface area (Å²) in [4.78, 5) is 19.6. The van der Waals surface area contributed by atoms with Gasteiger partial charge < -0.3 is 9.47 Å². The molecular formula is C23H26FN3O. The Morgan fingerprint density at radius 2 is 1.82 bits per heavy atom. The normalized spacial score (nSPS) is 16.6. The minimum atomic E-state index is -0.246. The summed E-state index contributed by atoms with van der Waals surface area (Å²) < 4.78 is 15.7. The molecular weight excluding hydrogens is 353 g/mol. The number of halogens is 1. The lowest BCUT2D eigenvalue weighted by Gasteiger charge is -2.36. The molecule has 4 rings (SSSR count). The standard InChI is InChI=1S/C23H26FN3O/c1-16(2)22(17-6-4-3-5-7-17)23(28)26-12-10-19(11-13-26)27-15-25-20-9-8-18(24)14-21(20)27/h3-9,14-16,19,22H,10-13H2,1-2H3/t22-/m0/s1. The molecule has 146 valence electrons. The van der Waals surface area contributed by atoms with Gasteiger partial charge in [-0.3, -0.25) is 4.79 Å². The number of piperidine rings is 1. The van der Waals surface area contributed by atoms with E-state index in [-0.39, 0.29) is 29.6 Å². The van der Waals surface area contributed by atoms with Gasteiger partial charge in [-0.2, -0.15) is 0 Å². The number of hydrogen-bond acceptors (Lipinski definition) is 2. The molecule has 3 aromatic rings. The highest BCUT2D eigenvalue weighted by molar-refractivity contribution is 5.84. The van der Waals surface area contributed by atoms with Gasteiger partial charge in [-0.05, 0) is 42.5 Å². The zero-order chi connectivity index (χ0) is 19.7. The van der Waals surface area contributed by atoms with Crippen molar-refractivity contribution in [1.82, 2.24) is 14.5 Å². The van der Waals surface area contributed by atoms with Crippen LogP contribution < -0.4 is 0 Å². The van der Waals surface area contributed by atoms with Crippen LogP contribution in [0.1, 0.15) is 44.2 Å². The van der Waals surface area contributed by atoms with Crippen molar-refractivity contribution in [3.63, 3.8) is 0 Å². The summed E-state index contributed by atoms with van der Waals surface area (Å²) in [7, 11) is 0. The molecule has 0 bridgehead atoms. The predicted molar refractivity (Wildman–Crippen MR) is 109 cm³/mol. The Hall–Kier alpha value is -2.69. The van der Waals surface area contributed by atoms with E-state index in [9.17, 15) is 9.18 Å². The fourth-order valence-corrected chi connectivity index (χ4v) is 4.32. The van der Waals surface area contributed by atoms with Crippen LogP contribution in [-0.2, 0) is 4.79 Å². The zero-order valence-corrected chi connectivity index (χ0v) is 16.4. The van der Waals surface area contributed by atoms with Gasteiger partial charge in [-0.25, -0.2) is 9.37 Å². The molecule has 1 aromatic heterocycles. The summed E-state index contributed by atoms with van der Waals surface area (Å²) in [6.07, 6.45) is 3.51. The molecule has 0 radical (unpaired) electrons. The molecule has 1 amide bonds. The van der Waals surface area contributed by atoms with Crippen LogP contribution in [0.15, 0.2) is 54.9 Å². The summed E-state index contributed by atoms with van der Waals surface area (Å²) in [5.74, 6) is 0.0970. The maximum absolute atomic E-state index is 13.7. The van der Waals surface area contributed by atoms with E-state index in [2.05, 4.69) is 23.4 Å². The number of rotatable bonds is 4. The highest BCUT2D eigenvalue weighted by Gasteiger charge is 2.31. The average Bonchev–Trinajstić information content (AvgIpc) is 3.12. The Morgan fingerprint density at radius 3 is 2.50 bits per heavy atom. The summed E-state index contributed by atoms with van der Waals surface area (Å²) in [6, 6.07) is 15.0. The van der Waals surface area contributed by atoms with Crippen LogP contribution in [-0.4, -0.2) is 33.4 Å². The second-order valence-electron chi connectivity index (χ2n) is 7.97. The van der Waals surface area contributed by atoms with Gasteiger partial charge in [0.2, 0.25) is 5.91 Å². The predicted octanol–water partition coefficient (Wildman–Crippen LogP) is 4.78. The smallest absolute Gasteiger partial charge is 0.230 e. The minimum absolute atomic E-state index is 0.110. The van der Waals surface area contributed by atoms with E-state index in [4.69, 9.17) is 0 Å². The fourth-order valence-electron chi connectivity index (χ4n) is 4.32. The first kappa shape index (κ1) is 18.7. The van der Waals surface area contributed by atoms with Crippen molar-refractivity contribution in [3.05, 3.63) is 66.2 Å². The van der Waals surface area contributed by atoms with Gasteiger partial charge in [-0.1, -0.05) is 44.2 Å². The number of hydrogen-bond donors (Lipinski definition) is 0. The van der Waals surface area contributed by atoms with E-state index < -0.39 is 0 Å². The lowest BCUT2D eigenvalue weighted by Crippen LogP contribution is -2.42. The number of aromatic nitrogens is 2. The maximum Gasteiger partial charge on any atom is 0.230 e. The number of nitrogens with zero attached hydrogens (tertiary/aromatic N) is 3. The Balaban J connectivity index is 1.48. The quantitative estimate of drug-likeness (QED) is 0.654. The van der Waals surface area contributed by atoms with E-state index in [1.54, 1.807) is 18.5 Å². The highest BCUT2D eigenvalue weighted by atomic mass is 19.1. The van der Waals surface area contributed by atoms with Crippen molar-refractivity contribution in [2.24, 2.45) is 5.92 Å². The molecule has 0 aliphatic carbocycles.